The molecule has 0 saturated heterocycles. The van der Waals surface area contributed by atoms with Crippen molar-refractivity contribution in [3.8, 4) is 0 Å². The summed E-state index contributed by atoms with van der Waals surface area (Å²) in [5.74, 6) is -1.81. The molecule has 2 aromatic rings. The number of ketones is 1. The molecule has 0 atom stereocenters. The lowest BCUT2D eigenvalue weighted by Crippen LogP contribution is -2.24. The molecule has 1 aliphatic heterocycles. The number of H-pyrrole nitrogens is 1. The monoisotopic (exact) mass is 241 g/mol. The van der Waals surface area contributed by atoms with Gasteiger partial charge in [0.25, 0.3) is 11.8 Å². The smallest absolute Gasteiger partial charge is 0.262 e. The first-order valence-electron chi connectivity index (χ1n) is 5.21. The molecule has 0 fully saturated rings. The number of benzene rings is 1. The Morgan fingerprint density at radius 2 is 1.94 bits per heavy atom. The zero-order valence-electron chi connectivity index (χ0n) is 9.06. The number of amides is 2. The number of aromatic amines is 1. The predicted molar refractivity (Wildman–Crippen MR) is 61.7 cm³/mol. The van der Waals surface area contributed by atoms with E-state index in [9.17, 15) is 14.4 Å². The minimum absolute atomic E-state index is 0.0484. The van der Waals surface area contributed by atoms with E-state index < -0.39 is 17.6 Å². The molecule has 0 radical (unpaired) electrons. The third-order valence-electron chi connectivity index (χ3n) is 2.61. The Morgan fingerprint density at radius 3 is 2.61 bits per heavy atom. The van der Waals surface area contributed by atoms with Crippen LogP contribution in [0, 0.1) is 0 Å². The van der Waals surface area contributed by atoms with E-state index in [2.05, 4.69) is 9.97 Å². The van der Waals surface area contributed by atoms with Gasteiger partial charge in [0.1, 0.15) is 0 Å². The molecular weight excluding hydrogens is 234 g/mol. The van der Waals surface area contributed by atoms with Crippen molar-refractivity contribution in [3.63, 3.8) is 0 Å². The van der Waals surface area contributed by atoms with Crippen LogP contribution in [-0.4, -0.2) is 27.6 Å². The number of fused-ring (bicyclic) bond motifs is 1. The lowest BCUT2D eigenvalue weighted by atomic mass is 10.1. The first-order chi connectivity index (χ1) is 8.65. The number of aromatic nitrogens is 2. The summed E-state index contributed by atoms with van der Waals surface area (Å²) in [4.78, 5) is 41.2. The summed E-state index contributed by atoms with van der Waals surface area (Å²) >= 11 is 0. The number of hydrogen-bond acceptors (Lipinski definition) is 4. The summed E-state index contributed by atoms with van der Waals surface area (Å²) in [7, 11) is 0. The molecule has 0 unspecified atom stereocenters. The molecule has 2 amide bonds. The number of nitrogens with zero attached hydrogens (tertiary/aromatic N) is 1. The van der Waals surface area contributed by atoms with Crippen LogP contribution in [0.1, 0.15) is 10.6 Å². The van der Waals surface area contributed by atoms with Crippen LogP contribution >= 0.6 is 0 Å². The van der Waals surface area contributed by atoms with E-state index in [1.54, 1.807) is 24.3 Å². The Morgan fingerprint density at radius 1 is 1.17 bits per heavy atom. The number of hydrogen-bond donors (Lipinski definition) is 2. The normalized spacial score (nSPS) is 14.8. The molecule has 18 heavy (non-hydrogen) atoms. The third-order valence-corrected chi connectivity index (χ3v) is 2.61. The first kappa shape index (κ1) is 10.4. The maximum atomic E-state index is 12.0. The fourth-order valence-corrected chi connectivity index (χ4v) is 1.77. The molecule has 2 N–H and O–H groups in total. The fourth-order valence-electron chi connectivity index (χ4n) is 1.77. The molecule has 6 heteroatoms. The van der Waals surface area contributed by atoms with Crippen LogP contribution in [-0.2, 0) is 9.59 Å². The van der Waals surface area contributed by atoms with Crippen LogP contribution in [0.4, 0.5) is 0 Å². The Bertz CT molecular complexity index is 694. The summed E-state index contributed by atoms with van der Waals surface area (Å²) in [6, 6.07) is 7.12. The van der Waals surface area contributed by atoms with Gasteiger partial charge < -0.3 is 4.98 Å². The van der Waals surface area contributed by atoms with E-state index in [1.807, 2.05) is 5.32 Å². The highest BCUT2D eigenvalue weighted by atomic mass is 16.2. The van der Waals surface area contributed by atoms with Crippen LogP contribution in [0.15, 0.2) is 35.9 Å². The Balaban J connectivity index is 2.05. The van der Waals surface area contributed by atoms with Gasteiger partial charge in [-0.15, -0.1) is 0 Å². The standard InChI is InChI=1S/C12H7N3O3/c16-9-5-6(12(18)15-9)10(17)11-13-7-3-1-2-4-8(7)14-11/h1-5H,(H,13,14)(H,15,16,18). The van der Waals surface area contributed by atoms with Gasteiger partial charge in [-0.2, -0.15) is 0 Å². The Labute approximate surface area is 101 Å². The van der Waals surface area contributed by atoms with Gasteiger partial charge >= 0.3 is 0 Å². The molecule has 6 nitrogen and oxygen atoms in total. The number of carbonyl (C=O) groups excluding carboxylic acids is 3. The highest BCUT2D eigenvalue weighted by Gasteiger charge is 2.29. The lowest BCUT2D eigenvalue weighted by Gasteiger charge is -1.94. The van der Waals surface area contributed by atoms with E-state index in [0.717, 1.165) is 6.08 Å². The molecule has 0 spiro atoms. The highest BCUT2D eigenvalue weighted by molar-refractivity contribution is 6.33. The second kappa shape index (κ2) is 3.63. The Hall–Kier alpha value is -2.76. The molecule has 1 aliphatic rings. The number of imide groups is 1. The van der Waals surface area contributed by atoms with E-state index in [-0.39, 0.29) is 11.4 Å². The number of Topliss-reactive ketones (excluding diaryl/α,β-unsaturated/α-hetero) is 1. The maximum Gasteiger partial charge on any atom is 0.262 e. The largest absolute Gasteiger partial charge is 0.335 e. The van der Waals surface area contributed by atoms with Crippen molar-refractivity contribution >= 4 is 28.6 Å². The van der Waals surface area contributed by atoms with Crippen molar-refractivity contribution in [2.75, 3.05) is 0 Å². The lowest BCUT2D eigenvalue weighted by molar-refractivity contribution is -0.123. The second-order valence-electron chi connectivity index (χ2n) is 3.81. The van der Waals surface area contributed by atoms with Crippen molar-refractivity contribution in [1.82, 2.24) is 15.3 Å². The molecule has 0 aliphatic carbocycles. The van der Waals surface area contributed by atoms with Gasteiger partial charge in [0, 0.05) is 6.08 Å². The maximum absolute atomic E-state index is 12.0. The number of para-hydroxylation sites is 2. The molecule has 2 heterocycles. The van der Waals surface area contributed by atoms with Gasteiger partial charge in [0.15, 0.2) is 5.82 Å². The van der Waals surface area contributed by atoms with Crippen molar-refractivity contribution in [2.45, 2.75) is 0 Å². The average molecular weight is 241 g/mol. The van der Waals surface area contributed by atoms with Gasteiger partial charge in [-0.05, 0) is 12.1 Å². The molecule has 1 aromatic heterocycles. The molecule has 3 rings (SSSR count). The second-order valence-corrected chi connectivity index (χ2v) is 3.81. The van der Waals surface area contributed by atoms with Crippen molar-refractivity contribution in [1.29, 1.82) is 0 Å². The number of nitrogens with one attached hydrogen (secondary N) is 2. The van der Waals surface area contributed by atoms with Gasteiger partial charge in [-0.25, -0.2) is 4.98 Å². The van der Waals surface area contributed by atoms with E-state index in [4.69, 9.17) is 0 Å². The van der Waals surface area contributed by atoms with E-state index in [1.165, 1.54) is 0 Å². The topological polar surface area (TPSA) is 91.9 Å². The minimum atomic E-state index is -0.689. The average Bonchev–Trinajstić information content (AvgIpc) is 2.91. The molecule has 0 bridgehead atoms. The minimum Gasteiger partial charge on any atom is -0.335 e. The summed E-state index contributed by atoms with van der Waals surface area (Å²) in [5, 5.41) is 2.02. The van der Waals surface area contributed by atoms with Crippen LogP contribution in [0.25, 0.3) is 11.0 Å². The fraction of sp³-hybridized carbons (Fsp3) is 0. The van der Waals surface area contributed by atoms with Gasteiger partial charge in [-0.3, -0.25) is 19.7 Å². The van der Waals surface area contributed by atoms with Crippen molar-refractivity contribution < 1.29 is 14.4 Å². The predicted octanol–water partition coefficient (Wildman–Crippen LogP) is 0.328. The van der Waals surface area contributed by atoms with Gasteiger partial charge in [0.05, 0.1) is 16.6 Å². The van der Waals surface area contributed by atoms with Crippen LogP contribution in [0.3, 0.4) is 0 Å². The highest BCUT2D eigenvalue weighted by Crippen LogP contribution is 2.14. The van der Waals surface area contributed by atoms with E-state index >= 15 is 0 Å². The number of carbonyl (C=O) groups is 3. The van der Waals surface area contributed by atoms with Gasteiger partial charge in [0.2, 0.25) is 5.78 Å². The quantitative estimate of drug-likeness (QED) is 0.450. The van der Waals surface area contributed by atoms with Crippen molar-refractivity contribution in [3.05, 3.63) is 41.7 Å². The summed E-state index contributed by atoms with van der Waals surface area (Å²) < 4.78 is 0. The number of rotatable bonds is 2. The van der Waals surface area contributed by atoms with Gasteiger partial charge in [-0.1, -0.05) is 12.1 Å². The molecular formula is C12H7N3O3. The van der Waals surface area contributed by atoms with Crippen LogP contribution < -0.4 is 5.32 Å². The molecule has 0 saturated carbocycles. The van der Waals surface area contributed by atoms with Crippen LogP contribution in [0.5, 0.6) is 0 Å². The summed E-state index contributed by atoms with van der Waals surface area (Å²) in [6.45, 7) is 0. The number of imidazole rings is 1. The SMILES string of the molecule is O=C1C=C(C(=O)c2nc3ccccc3[nH]2)C(=O)N1. The summed E-state index contributed by atoms with van der Waals surface area (Å²) in [5.41, 5.74) is 1.14. The molecule has 88 valence electrons. The zero-order valence-corrected chi connectivity index (χ0v) is 9.06. The first-order valence-corrected chi connectivity index (χ1v) is 5.21. The zero-order chi connectivity index (χ0) is 12.7. The summed E-state index contributed by atoms with van der Waals surface area (Å²) in [6.07, 6.45) is 0.984. The Kier molecular flexibility index (Phi) is 2.09. The third kappa shape index (κ3) is 1.51. The van der Waals surface area contributed by atoms with Crippen molar-refractivity contribution in [2.24, 2.45) is 0 Å². The van der Waals surface area contributed by atoms with Crippen LogP contribution in [0.2, 0.25) is 0 Å². The molecule has 1 aromatic carbocycles. The van der Waals surface area contributed by atoms with E-state index in [0.29, 0.717) is 11.0 Å².